The van der Waals surface area contributed by atoms with E-state index in [1.54, 1.807) is 0 Å². The molecule has 0 aromatic heterocycles. The van der Waals surface area contributed by atoms with Gasteiger partial charge in [-0.1, -0.05) is 71.1 Å². The normalized spacial score (nSPS) is 14.2. The molecule has 0 unspecified atom stereocenters. The van der Waals surface area contributed by atoms with Crippen molar-refractivity contribution in [3.63, 3.8) is 0 Å². The second-order valence-corrected chi connectivity index (χ2v) is 6.43. The second-order valence-electron chi connectivity index (χ2n) is 6.43. The lowest BCUT2D eigenvalue weighted by atomic mass is 10.0. The van der Waals surface area contributed by atoms with E-state index in [9.17, 15) is 15.3 Å². The van der Waals surface area contributed by atoms with Crippen LogP contribution in [0.25, 0.3) is 0 Å². The minimum Gasteiger partial charge on any atom is -0.507 e. The van der Waals surface area contributed by atoms with Crippen LogP contribution in [0, 0.1) is 0 Å². The van der Waals surface area contributed by atoms with Crippen molar-refractivity contribution in [2.24, 2.45) is 5.73 Å². The second kappa shape index (κ2) is 13.8. The molecule has 0 spiro atoms. The summed E-state index contributed by atoms with van der Waals surface area (Å²) >= 11 is 0. The predicted molar refractivity (Wildman–Crippen MR) is 94.0 cm³/mol. The van der Waals surface area contributed by atoms with Crippen LogP contribution < -0.4 is 5.73 Å². The fraction of sp³-hybridized carbons (Fsp3) is 0.889. The maximum absolute atomic E-state index is 9.61. The molecule has 0 bridgehead atoms. The summed E-state index contributed by atoms with van der Waals surface area (Å²) < 4.78 is 0. The Morgan fingerprint density at radius 3 is 1.78 bits per heavy atom. The molecule has 0 saturated carbocycles. The topological polar surface area (TPSA) is 107 Å². The molecule has 0 heterocycles. The first kappa shape index (κ1) is 22.4. The summed E-state index contributed by atoms with van der Waals surface area (Å²) in [5.74, 6) is -3.13. The highest BCUT2D eigenvalue weighted by atomic mass is 16.5. The number of rotatable bonds is 15. The predicted octanol–water partition coefficient (Wildman–Crippen LogP) is 3.13. The average Bonchev–Trinajstić information content (AvgIpc) is 2.54. The first-order valence-electron chi connectivity index (χ1n) is 9.17. The summed E-state index contributed by atoms with van der Waals surface area (Å²) in [4.78, 5) is 0. The van der Waals surface area contributed by atoms with Gasteiger partial charge in [0.15, 0.2) is 0 Å². The van der Waals surface area contributed by atoms with Crippen LogP contribution in [0.2, 0.25) is 0 Å². The van der Waals surface area contributed by atoms with E-state index in [0.717, 1.165) is 12.8 Å². The smallest absolute Gasteiger partial charge is 0.240 e. The Labute approximate surface area is 141 Å². The fourth-order valence-electron chi connectivity index (χ4n) is 2.51. The minimum atomic E-state index is -2.55. The summed E-state index contributed by atoms with van der Waals surface area (Å²) in [6, 6.07) is -1.31. The van der Waals surface area contributed by atoms with E-state index in [0.29, 0.717) is 6.42 Å². The van der Waals surface area contributed by atoms with Gasteiger partial charge in [-0.2, -0.15) is 0 Å². The van der Waals surface area contributed by atoms with E-state index >= 15 is 0 Å². The van der Waals surface area contributed by atoms with Crippen LogP contribution in [-0.2, 0) is 0 Å². The van der Waals surface area contributed by atoms with Gasteiger partial charge in [0.05, 0.1) is 12.6 Å². The Kier molecular flexibility index (Phi) is 13.4. The molecular formula is C18H37NO4. The quantitative estimate of drug-likeness (QED) is 0.180. The third-order valence-electron chi connectivity index (χ3n) is 4.24. The molecule has 0 aliphatic rings. The van der Waals surface area contributed by atoms with Crippen molar-refractivity contribution in [3.8, 4) is 0 Å². The van der Waals surface area contributed by atoms with Crippen LogP contribution in [0.5, 0.6) is 0 Å². The number of nitrogens with two attached hydrogens (primary N) is 1. The molecule has 0 aromatic rings. The molecule has 0 amide bonds. The van der Waals surface area contributed by atoms with Gasteiger partial charge in [-0.3, -0.25) is 0 Å². The van der Waals surface area contributed by atoms with Gasteiger partial charge in [0.25, 0.3) is 0 Å². The van der Waals surface area contributed by atoms with Crippen molar-refractivity contribution in [1.29, 1.82) is 0 Å². The van der Waals surface area contributed by atoms with Crippen LogP contribution in [0.15, 0.2) is 11.8 Å². The maximum atomic E-state index is 9.61. The first-order chi connectivity index (χ1) is 11.0. The lowest BCUT2D eigenvalue weighted by Crippen LogP contribution is -2.51. The molecule has 5 nitrogen and oxygen atoms in total. The Morgan fingerprint density at radius 1 is 0.913 bits per heavy atom. The highest BCUT2D eigenvalue weighted by Crippen LogP contribution is 2.17. The molecule has 5 heteroatoms. The zero-order valence-corrected chi connectivity index (χ0v) is 14.7. The number of allylic oxidation sites excluding steroid dienone is 1. The highest BCUT2D eigenvalue weighted by Gasteiger charge is 2.35. The van der Waals surface area contributed by atoms with E-state index in [1.807, 2.05) is 0 Å². The Bertz CT molecular complexity index is 305. The Morgan fingerprint density at radius 2 is 1.35 bits per heavy atom. The van der Waals surface area contributed by atoms with Gasteiger partial charge < -0.3 is 26.2 Å². The van der Waals surface area contributed by atoms with E-state index in [2.05, 4.69) is 6.92 Å². The third kappa shape index (κ3) is 10.7. The standard InChI is InChI=1S/C18H37NO4/c1-2-3-4-5-6-7-8-9-10-11-12-13-14-17(21)18(22,23)16(19)15-20/h14,16,20-23H,2-13,15,19H2,1H3/b17-14-/t16-/m0/s1. The summed E-state index contributed by atoms with van der Waals surface area (Å²) in [5.41, 5.74) is 5.34. The van der Waals surface area contributed by atoms with Crippen molar-refractivity contribution in [1.82, 2.24) is 0 Å². The molecule has 0 saturated heterocycles. The lowest BCUT2D eigenvalue weighted by molar-refractivity contribution is -0.173. The summed E-state index contributed by atoms with van der Waals surface area (Å²) in [7, 11) is 0. The molecule has 0 aliphatic heterocycles. The van der Waals surface area contributed by atoms with Gasteiger partial charge >= 0.3 is 0 Å². The van der Waals surface area contributed by atoms with Crippen molar-refractivity contribution in [2.75, 3.05) is 6.61 Å². The van der Waals surface area contributed by atoms with Gasteiger partial charge in [-0.05, 0) is 18.9 Å². The molecule has 0 aromatic carbocycles. The van der Waals surface area contributed by atoms with Crippen LogP contribution in [0.3, 0.4) is 0 Å². The number of aliphatic hydroxyl groups is 4. The van der Waals surface area contributed by atoms with Gasteiger partial charge in [0.2, 0.25) is 5.79 Å². The number of hydrogen-bond donors (Lipinski definition) is 5. The van der Waals surface area contributed by atoms with Crippen LogP contribution in [0.1, 0.15) is 84.0 Å². The molecule has 6 N–H and O–H groups in total. The van der Waals surface area contributed by atoms with Gasteiger partial charge in [-0.15, -0.1) is 0 Å². The molecule has 1 atom stereocenters. The molecule has 0 radical (unpaired) electrons. The van der Waals surface area contributed by atoms with Crippen molar-refractivity contribution >= 4 is 0 Å². The zero-order chi connectivity index (χ0) is 17.6. The Balaban J connectivity index is 3.56. The van der Waals surface area contributed by atoms with Gasteiger partial charge in [0, 0.05) is 0 Å². The molecule has 0 aliphatic carbocycles. The molecule has 23 heavy (non-hydrogen) atoms. The third-order valence-corrected chi connectivity index (χ3v) is 4.24. The van der Waals surface area contributed by atoms with E-state index in [4.69, 9.17) is 10.8 Å². The molecule has 0 fully saturated rings. The largest absolute Gasteiger partial charge is 0.507 e. The molecule has 138 valence electrons. The maximum Gasteiger partial charge on any atom is 0.240 e. The van der Waals surface area contributed by atoms with Crippen molar-refractivity contribution in [2.45, 2.75) is 95.8 Å². The molecular weight excluding hydrogens is 294 g/mol. The minimum absolute atomic E-state index is 0.573. The van der Waals surface area contributed by atoms with E-state index < -0.39 is 24.2 Å². The van der Waals surface area contributed by atoms with Crippen LogP contribution in [-0.4, -0.2) is 38.9 Å². The number of hydrogen-bond acceptors (Lipinski definition) is 5. The van der Waals surface area contributed by atoms with Gasteiger partial charge in [0.1, 0.15) is 5.76 Å². The summed E-state index contributed by atoms with van der Waals surface area (Å²) in [6.45, 7) is 1.63. The van der Waals surface area contributed by atoms with Crippen LogP contribution in [0.4, 0.5) is 0 Å². The van der Waals surface area contributed by atoms with Crippen molar-refractivity contribution in [3.05, 3.63) is 11.8 Å². The SMILES string of the molecule is CCCCCCCCCCCCC/C=C(\O)C(O)(O)[C@@H](N)CO. The van der Waals surface area contributed by atoms with E-state index in [1.165, 1.54) is 63.9 Å². The highest BCUT2D eigenvalue weighted by molar-refractivity contribution is 5.07. The zero-order valence-electron chi connectivity index (χ0n) is 14.7. The average molecular weight is 331 g/mol. The lowest BCUT2D eigenvalue weighted by Gasteiger charge is -2.26. The number of unbranched alkanes of at least 4 members (excludes halogenated alkanes) is 11. The number of aliphatic hydroxyl groups excluding tert-OH is 2. The van der Waals surface area contributed by atoms with E-state index in [-0.39, 0.29) is 0 Å². The Hall–Kier alpha value is -0.620. The first-order valence-corrected chi connectivity index (χ1v) is 9.17. The van der Waals surface area contributed by atoms with Crippen LogP contribution >= 0.6 is 0 Å². The summed E-state index contributed by atoms with van der Waals surface area (Å²) in [5, 5.41) is 37.6. The fourth-order valence-corrected chi connectivity index (χ4v) is 2.51. The monoisotopic (exact) mass is 331 g/mol. The van der Waals surface area contributed by atoms with Gasteiger partial charge in [-0.25, -0.2) is 0 Å². The van der Waals surface area contributed by atoms with Crippen molar-refractivity contribution < 1.29 is 20.4 Å². The molecule has 0 rings (SSSR count). The summed E-state index contributed by atoms with van der Waals surface area (Å²) in [6.07, 6.45) is 15.6.